The van der Waals surface area contributed by atoms with Crippen LogP contribution in [0.1, 0.15) is 65.8 Å². The molecule has 0 aromatic heterocycles. The number of carbonyl (C=O) groups is 3. The predicted octanol–water partition coefficient (Wildman–Crippen LogP) is 5.69. The molecule has 0 N–H and O–H groups in total. The number of ether oxygens (including phenoxy) is 1. The van der Waals surface area contributed by atoms with E-state index in [0.29, 0.717) is 6.42 Å². The number of imide groups is 1. The summed E-state index contributed by atoms with van der Waals surface area (Å²) in [5.74, 6) is -18.9. The van der Waals surface area contributed by atoms with Gasteiger partial charge in [-0.2, -0.15) is 43.5 Å². The molecule has 2 aromatic rings. The van der Waals surface area contributed by atoms with Crippen LogP contribution in [-0.4, -0.2) is 60.9 Å². The Morgan fingerprint density at radius 2 is 1.51 bits per heavy atom. The molecule has 0 spiro atoms. The highest BCUT2D eigenvalue weighted by molar-refractivity contribution is 7.87. The summed E-state index contributed by atoms with van der Waals surface area (Å²) in [5, 5.41) is -8.04. The van der Waals surface area contributed by atoms with Gasteiger partial charge in [-0.05, 0) is 30.0 Å². The highest BCUT2D eigenvalue weighted by atomic mass is 32.2. The van der Waals surface area contributed by atoms with Crippen LogP contribution in [0.15, 0.2) is 30.3 Å². The fraction of sp³-hybridized carbons (Fsp3) is 0.423. The van der Waals surface area contributed by atoms with Crippen molar-refractivity contribution in [2.75, 3.05) is 6.61 Å². The molecular weight excluding hydrogens is 622 g/mol. The molecule has 0 radical (unpaired) electrons. The van der Waals surface area contributed by atoms with E-state index < -0.39 is 74.0 Å². The van der Waals surface area contributed by atoms with E-state index in [0.717, 1.165) is 25.0 Å². The van der Waals surface area contributed by atoms with Crippen molar-refractivity contribution < 1.29 is 66.9 Å². The summed E-state index contributed by atoms with van der Waals surface area (Å²) in [5.41, 5.74) is -0.985. The monoisotopic (exact) mass is 643 g/mol. The van der Waals surface area contributed by atoms with Gasteiger partial charge in [0.1, 0.15) is 0 Å². The first-order valence-electron chi connectivity index (χ1n) is 12.3. The summed E-state index contributed by atoms with van der Waals surface area (Å²) in [6.07, 6.45) is 2.54. The third-order valence-corrected chi connectivity index (χ3v) is 7.41. The van der Waals surface area contributed by atoms with Gasteiger partial charge < -0.3 is 4.74 Å². The molecule has 0 aliphatic carbocycles. The van der Waals surface area contributed by atoms with E-state index >= 15 is 0 Å². The van der Waals surface area contributed by atoms with Crippen molar-refractivity contribution in [2.24, 2.45) is 0 Å². The van der Waals surface area contributed by atoms with Crippen LogP contribution in [0, 0.1) is 11.8 Å². The molecule has 43 heavy (non-hydrogen) atoms. The summed E-state index contributed by atoms with van der Waals surface area (Å²) < 4.78 is 143. The van der Waals surface area contributed by atoms with Crippen LogP contribution >= 0.6 is 0 Å². The van der Waals surface area contributed by atoms with Gasteiger partial charge in [-0.25, -0.2) is 0 Å². The maximum Gasteiger partial charge on any atom is 0.440 e. The number of hydrogen-bond acceptors (Lipinski definition) is 7. The van der Waals surface area contributed by atoms with Crippen molar-refractivity contribution in [3.05, 3.63) is 47.0 Å². The van der Waals surface area contributed by atoms with Crippen molar-refractivity contribution >= 4 is 38.7 Å². The molecule has 2 amide bonds. The first-order valence-corrected chi connectivity index (χ1v) is 13.7. The van der Waals surface area contributed by atoms with E-state index in [1.165, 1.54) is 18.2 Å². The van der Waals surface area contributed by atoms with Gasteiger partial charge in [0.25, 0.3) is 11.8 Å². The first-order chi connectivity index (χ1) is 19.7. The van der Waals surface area contributed by atoms with E-state index in [1.807, 2.05) is 6.92 Å². The lowest BCUT2D eigenvalue weighted by Gasteiger charge is -2.35. The molecule has 1 aliphatic heterocycles. The number of carbonyl (C=O) groups excluding carboxylic acids is 3. The SMILES string of the molecule is CCCCCC(=O)OCC#Cc1ccc2c3c(cccc13)C(=O)N(OS(=O)(=O)C(F)(F)C(F)(F)C(F)(F)C(C)(F)F)C2=O. The zero-order valence-corrected chi connectivity index (χ0v) is 23.0. The number of halogens is 8. The second kappa shape index (κ2) is 11.7. The Hall–Kier alpha value is -3.78. The van der Waals surface area contributed by atoms with Crippen LogP contribution in [-0.2, 0) is 23.9 Å². The second-order valence-electron chi connectivity index (χ2n) is 9.30. The fourth-order valence-corrected chi connectivity index (χ4v) is 4.72. The lowest BCUT2D eigenvalue weighted by Crippen LogP contribution is -2.64. The topological polar surface area (TPSA) is 107 Å². The fourth-order valence-electron chi connectivity index (χ4n) is 3.85. The molecular formula is C26H21F8NO7S. The lowest BCUT2D eigenvalue weighted by molar-refractivity contribution is -0.344. The molecule has 3 rings (SSSR count). The van der Waals surface area contributed by atoms with E-state index in [9.17, 15) is 57.9 Å². The Labute approximate surface area is 239 Å². The molecule has 0 saturated heterocycles. The number of nitrogens with zero attached hydrogens (tertiary/aromatic N) is 1. The summed E-state index contributed by atoms with van der Waals surface area (Å²) in [4.78, 5) is 37.5. The zero-order chi connectivity index (χ0) is 32.6. The van der Waals surface area contributed by atoms with Crippen molar-refractivity contribution in [3.8, 4) is 11.8 Å². The van der Waals surface area contributed by atoms with Crippen LogP contribution < -0.4 is 0 Å². The Bertz CT molecular complexity index is 1600. The number of unbranched alkanes of at least 4 members (excludes halogenated alkanes) is 2. The molecule has 234 valence electrons. The number of hydroxylamine groups is 2. The summed E-state index contributed by atoms with van der Waals surface area (Å²) >= 11 is 0. The number of hydrogen-bond donors (Lipinski definition) is 0. The van der Waals surface area contributed by atoms with E-state index in [1.54, 1.807) is 0 Å². The van der Waals surface area contributed by atoms with Crippen molar-refractivity contribution in [1.29, 1.82) is 0 Å². The van der Waals surface area contributed by atoms with Crippen molar-refractivity contribution in [1.82, 2.24) is 5.06 Å². The Balaban J connectivity index is 1.93. The standard InChI is InChI=1S/C26H21F8NO7S/c1-3-4-5-11-19(36)41-14-7-8-15-12-13-18-20-16(15)9-6-10-17(20)21(37)35(22(18)38)42-43(39,40)26(33,34)25(31,32)24(29,30)23(2,27)28/h6,9-10,12-13H,3-5,11,14H2,1-2H3. The van der Waals surface area contributed by atoms with Gasteiger partial charge in [-0.3, -0.25) is 14.4 Å². The van der Waals surface area contributed by atoms with Crippen LogP contribution in [0.4, 0.5) is 35.1 Å². The molecule has 1 heterocycles. The number of esters is 1. The van der Waals surface area contributed by atoms with Gasteiger partial charge in [0.2, 0.25) is 0 Å². The van der Waals surface area contributed by atoms with Gasteiger partial charge in [-0.1, -0.05) is 43.7 Å². The minimum atomic E-state index is -7.41. The molecule has 17 heteroatoms. The van der Waals surface area contributed by atoms with Crippen LogP contribution in [0.3, 0.4) is 0 Å². The van der Waals surface area contributed by atoms with E-state index in [-0.39, 0.29) is 29.4 Å². The van der Waals surface area contributed by atoms with Crippen LogP contribution in [0.2, 0.25) is 0 Å². The Kier molecular flexibility index (Phi) is 9.19. The molecule has 2 aromatic carbocycles. The molecule has 0 bridgehead atoms. The summed E-state index contributed by atoms with van der Waals surface area (Å²) in [7, 11) is -7.41. The van der Waals surface area contributed by atoms with Crippen molar-refractivity contribution in [3.63, 3.8) is 0 Å². The average Bonchev–Trinajstić information content (AvgIpc) is 2.91. The highest BCUT2D eigenvalue weighted by Gasteiger charge is 2.84. The van der Waals surface area contributed by atoms with Crippen molar-refractivity contribution in [2.45, 2.75) is 62.6 Å². The average molecular weight is 644 g/mol. The molecule has 0 atom stereocenters. The molecule has 0 fully saturated rings. The summed E-state index contributed by atoms with van der Waals surface area (Å²) in [6.45, 7) is 0.792. The minimum Gasteiger partial charge on any atom is -0.452 e. The van der Waals surface area contributed by atoms with Gasteiger partial charge in [0, 0.05) is 24.3 Å². The molecule has 0 saturated carbocycles. The lowest BCUT2D eigenvalue weighted by atomic mass is 9.92. The molecule has 8 nitrogen and oxygen atoms in total. The van der Waals surface area contributed by atoms with Gasteiger partial charge in [-0.15, -0.1) is 9.35 Å². The van der Waals surface area contributed by atoms with E-state index in [2.05, 4.69) is 16.1 Å². The number of benzene rings is 2. The Morgan fingerprint density at radius 1 is 0.907 bits per heavy atom. The zero-order valence-electron chi connectivity index (χ0n) is 22.2. The minimum absolute atomic E-state index is 0.0997. The predicted molar refractivity (Wildman–Crippen MR) is 132 cm³/mol. The highest BCUT2D eigenvalue weighted by Crippen LogP contribution is 2.54. The third kappa shape index (κ3) is 5.90. The first kappa shape index (κ1) is 33.7. The largest absolute Gasteiger partial charge is 0.452 e. The Morgan fingerprint density at radius 3 is 2.09 bits per heavy atom. The maximum atomic E-state index is 14.3. The smallest absolute Gasteiger partial charge is 0.440 e. The van der Waals surface area contributed by atoms with Crippen LogP contribution in [0.25, 0.3) is 10.8 Å². The summed E-state index contributed by atoms with van der Waals surface area (Å²) in [6, 6.07) is 5.64. The number of amides is 2. The van der Waals surface area contributed by atoms with Gasteiger partial charge in [0.15, 0.2) is 6.61 Å². The van der Waals surface area contributed by atoms with E-state index in [4.69, 9.17) is 4.74 Å². The second-order valence-corrected chi connectivity index (χ2v) is 10.9. The van der Waals surface area contributed by atoms with Gasteiger partial charge >= 0.3 is 39.1 Å². The van der Waals surface area contributed by atoms with Gasteiger partial charge in [0.05, 0.1) is 11.1 Å². The molecule has 1 aliphatic rings. The molecule has 0 unspecified atom stereocenters. The maximum absolute atomic E-state index is 14.3. The number of rotatable bonds is 11. The quantitative estimate of drug-likeness (QED) is 0.102. The normalized spacial score (nSPS) is 14.5. The van der Waals surface area contributed by atoms with Crippen LogP contribution in [0.5, 0.6) is 0 Å². The third-order valence-electron chi connectivity index (χ3n) is 6.18. The number of alkyl halides is 8.